The van der Waals surface area contributed by atoms with E-state index >= 15 is 0 Å². The molecule has 0 aliphatic carbocycles. The summed E-state index contributed by atoms with van der Waals surface area (Å²) in [5.41, 5.74) is 1.83. The zero-order valence-corrected chi connectivity index (χ0v) is 42.1. The highest BCUT2D eigenvalue weighted by Gasteiger charge is 2.55. The lowest BCUT2D eigenvalue weighted by Crippen LogP contribution is -2.66. The van der Waals surface area contributed by atoms with Gasteiger partial charge < -0.3 is 52.5 Å². The molecule has 386 valence electrons. The number of aliphatic hydroxyl groups is 1. The first-order chi connectivity index (χ1) is 36.1. The van der Waals surface area contributed by atoms with Crippen LogP contribution >= 0.6 is 23.4 Å². The van der Waals surface area contributed by atoms with Gasteiger partial charge in [-0.15, -0.1) is 0 Å². The normalized spacial score (nSPS) is 23.6. The molecule has 16 heteroatoms. The van der Waals surface area contributed by atoms with Crippen LogP contribution in [0, 0.1) is 0 Å². The van der Waals surface area contributed by atoms with Crippen LogP contribution in [0.15, 0.2) is 181 Å². The second-order valence-corrected chi connectivity index (χ2v) is 19.2. The fourth-order valence-corrected chi connectivity index (χ4v) is 9.55. The zero-order chi connectivity index (χ0) is 51.7. The van der Waals surface area contributed by atoms with Crippen molar-refractivity contribution in [3.63, 3.8) is 0 Å². The highest BCUT2D eigenvalue weighted by atomic mass is 35.5. The van der Waals surface area contributed by atoms with Crippen LogP contribution in [0.1, 0.15) is 57.2 Å². The molecule has 2 saturated heterocycles. The molecule has 14 nitrogen and oxygen atoms in total. The molecule has 2 aliphatic heterocycles. The Morgan fingerprint density at radius 1 is 0.541 bits per heavy atom. The molecule has 74 heavy (non-hydrogen) atoms. The van der Waals surface area contributed by atoms with E-state index in [2.05, 4.69) is 0 Å². The lowest BCUT2D eigenvalue weighted by Gasteiger charge is -2.49. The number of esters is 3. The number of carbonyl (C=O) groups excluding carboxylic acids is 4. The highest BCUT2D eigenvalue weighted by Crippen LogP contribution is 2.40. The number of halogens is 1. The number of benzene rings is 6. The van der Waals surface area contributed by atoms with E-state index in [4.69, 9.17) is 54.2 Å². The summed E-state index contributed by atoms with van der Waals surface area (Å²) >= 11 is 7.59. The highest BCUT2D eigenvalue weighted by molar-refractivity contribution is 7.99. The van der Waals surface area contributed by atoms with Gasteiger partial charge in [0.15, 0.2) is 18.5 Å². The Labute approximate surface area is 439 Å². The lowest BCUT2D eigenvalue weighted by atomic mass is 9.96. The predicted molar refractivity (Wildman–Crippen MR) is 274 cm³/mol. The van der Waals surface area contributed by atoms with Gasteiger partial charge in [0.05, 0.1) is 44.0 Å². The summed E-state index contributed by atoms with van der Waals surface area (Å²) in [6.45, 7) is 1.09. The maximum atomic E-state index is 14.4. The van der Waals surface area contributed by atoms with Crippen molar-refractivity contribution >= 4 is 47.1 Å². The molecule has 1 N–H and O–H groups in total. The van der Waals surface area contributed by atoms with Crippen molar-refractivity contribution in [2.45, 2.75) is 105 Å². The third kappa shape index (κ3) is 15.4. The number of Topliss-reactive ketones (excluding diaryl/α,β-unsaturated/α-hetero) is 1. The van der Waals surface area contributed by atoms with Crippen molar-refractivity contribution in [2.75, 3.05) is 13.2 Å². The van der Waals surface area contributed by atoms with E-state index in [1.807, 2.05) is 91.0 Å². The van der Waals surface area contributed by atoms with Crippen LogP contribution < -0.4 is 0 Å². The maximum Gasteiger partial charge on any atom is 0.338 e. The molecule has 10 atom stereocenters. The molecular weight excluding hydrogens is 988 g/mol. The van der Waals surface area contributed by atoms with Crippen molar-refractivity contribution in [2.24, 2.45) is 0 Å². The lowest BCUT2D eigenvalue weighted by molar-refractivity contribution is -0.344. The van der Waals surface area contributed by atoms with Crippen LogP contribution in [0.3, 0.4) is 0 Å². The SMILES string of the molecule is CC(=O)CCC(=O)OC[C@H]1O[C@@H](O[C@@H]2[C@@H](OC(=O)c3ccccc3)[C@H](Sc3ccc(Cl)cc3)O[C@H](COCc3ccccc3)[C@H]2OCc2ccccc2)[C@H](OC(=O)c2ccccc2)[C@@H](O)[C@@H]1OCc1ccccc1. The van der Waals surface area contributed by atoms with E-state index in [0.717, 1.165) is 16.7 Å². The van der Waals surface area contributed by atoms with Gasteiger partial charge in [-0.1, -0.05) is 151 Å². The van der Waals surface area contributed by atoms with Crippen molar-refractivity contribution in [3.8, 4) is 0 Å². The Morgan fingerprint density at radius 3 is 1.57 bits per heavy atom. The summed E-state index contributed by atoms with van der Waals surface area (Å²) in [7, 11) is 0. The second-order valence-electron chi connectivity index (χ2n) is 17.6. The quantitative estimate of drug-likeness (QED) is 0.0475. The van der Waals surface area contributed by atoms with E-state index in [1.54, 1.807) is 84.9 Å². The molecule has 0 spiro atoms. The van der Waals surface area contributed by atoms with Gasteiger partial charge in [0.1, 0.15) is 54.4 Å². The monoisotopic (exact) mass is 1040 g/mol. The van der Waals surface area contributed by atoms with E-state index in [9.17, 15) is 24.3 Å². The number of rotatable bonds is 23. The van der Waals surface area contributed by atoms with Crippen molar-refractivity contribution in [1.82, 2.24) is 0 Å². The van der Waals surface area contributed by atoms with Crippen LogP contribution in [-0.4, -0.2) is 103 Å². The third-order valence-electron chi connectivity index (χ3n) is 12.1. The summed E-state index contributed by atoms with van der Waals surface area (Å²) in [6, 6.07) is 51.9. The Hall–Kier alpha value is -6.24. The van der Waals surface area contributed by atoms with Crippen LogP contribution in [0.25, 0.3) is 0 Å². The smallest absolute Gasteiger partial charge is 0.338 e. The molecule has 2 fully saturated rings. The Balaban J connectivity index is 1.22. The standard InChI is InChI=1S/C58H57ClO14S/c1-38(60)27-32-48(61)66-37-47-50(67-34-40-19-9-3-10-20-40)49(62)52(71-55(63)42-23-13-5-14-24-42)57(69-47)73-53-51(68-35-41-21-11-4-12-22-41)46(36-65-33-39-17-7-2-8-18-39)70-58(74-45-30-28-44(59)29-31-45)54(53)72-56(64)43-25-15-6-16-26-43/h2-26,28-31,46-47,49-54,57-58,62H,27,32-37H2,1H3/t46-,47-,49+,50-,51-,52-,53+,54-,57+,58+/m1/s1. The number of carbonyl (C=O) groups is 4. The summed E-state index contributed by atoms with van der Waals surface area (Å²) in [5, 5.41) is 13.1. The Bertz CT molecular complexity index is 2690. The topological polar surface area (TPSA) is 172 Å². The summed E-state index contributed by atoms with van der Waals surface area (Å²) in [6.07, 6.45) is -12.5. The van der Waals surface area contributed by atoms with Crippen LogP contribution in [0.4, 0.5) is 0 Å². The average molecular weight is 1050 g/mol. The number of ketones is 1. The molecule has 8 rings (SSSR count). The van der Waals surface area contributed by atoms with Gasteiger partial charge in [-0.25, -0.2) is 9.59 Å². The zero-order valence-electron chi connectivity index (χ0n) is 40.5. The van der Waals surface area contributed by atoms with Crippen molar-refractivity contribution < 1.29 is 66.9 Å². The summed E-state index contributed by atoms with van der Waals surface area (Å²) in [5.74, 6) is -2.42. The van der Waals surface area contributed by atoms with Gasteiger partial charge in [0.2, 0.25) is 0 Å². The molecule has 0 radical (unpaired) electrons. The van der Waals surface area contributed by atoms with Gasteiger partial charge in [-0.05, 0) is 72.1 Å². The van der Waals surface area contributed by atoms with Gasteiger partial charge in [-0.3, -0.25) is 4.79 Å². The minimum atomic E-state index is -1.69. The van der Waals surface area contributed by atoms with Crippen molar-refractivity contribution in [3.05, 3.63) is 209 Å². The van der Waals surface area contributed by atoms with Gasteiger partial charge >= 0.3 is 17.9 Å². The molecule has 0 bridgehead atoms. The van der Waals surface area contributed by atoms with Gasteiger partial charge in [0, 0.05) is 16.3 Å². The largest absolute Gasteiger partial charge is 0.463 e. The summed E-state index contributed by atoms with van der Waals surface area (Å²) in [4.78, 5) is 54.2. The minimum Gasteiger partial charge on any atom is -0.463 e. The van der Waals surface area contributed by atoms with Crippen molar-refractivity contribution in [1.29, 1.82) is 0 Å². The number of ether oxygens (including phenoxy) is 9. The van der Waals surface area contributed by atoms with E-state index in [1.165, 1.54) is 18.7 Å². The van der Waals surface area contributed by atoms with Gasteiger partial charge in [0.25, 0.3) is 0 Å². The third-order valence-corrected chi connectivity index (χ3v) is 13.5. The van der Waals surface area contributed by atoms with E-state index < -0.39 is 85.1 Å². The first-order valence-electron chi connectivity index (χ1n) is 24.2. The number of aliphatic hydroxyl groups excluding tert-OH is 1. The van der Waals surface area contributed by atoms with Crippen LogP contribution in [-0.2, 0) is 72.0 Å². The molecule has 0 amide bonds. The Kier molecular flexibility index (Phi) is 20.0. The number of hydrogen-bond acceptors (Lipinski definition) is 15. The molecule has 2 aliphatic rings. The molecule has 0 aromatic heterocycles. The number of hydrogen-bond donors (Lipinski definition) is 1. The molecule has 6 aromatic carbocycles. The number of thioether (sulfide) groups is 1. The first-order valence-corrected chi connectivity index (χ1v) is 25.5. The fourth-order valence-electron chi connectivity index (χ4n) is 8.32. The first kappa shape index (κ1) is 54.0. The average Bonchev–Trinajstić information content (AvgIpc) is 3.43. The molecule has 2 heterocycles. The maximum absolute atomic E-state index is 14.4. The van der Waals surface area contributed by atoms with E-state index in [-0.39, 0.29) is 56.2 Å². The molecular formula is C58H57ClO14S. The predicted octanol–water partition coefficient (Wildman–Crippen LogP) is 9.38. The second kappa shape index (κ2) is 27.3. The van der Waals surface area contributed by atoms with Crippen LogP contribution in [0.2, 0.25) is 5.02 Å². The van der Waals surface area contributed by atoms with Gasteiger partial charge in [-0.2, -0.15) is 0 Å². The molecule has 6 aromatic rings. The van der Waals surface area contributed by atoms with E-state index in [0.29, 0.717) is 9.92 Å². The molecule has 0 saturated carbocycles. The van der Waals surface area contributed by atoms with Crippen LogP contribution in [0.5, 0.6) is 0 Å². The summed E-state index contributed by atoms with van der Waals surface area (Å²) < 4.78 is 58.9. The Morgan fingerprint density at radius 2 is 1.03 bits per heavy atom. The molecule has 0 unspecified atom stereocenters. The fraction of sp³-hybridized carbons (Fsp3) is 0.310. The minimum absolute atomic E-state index is 0.0211.